The first-order valence-corrected chi connectivity index (χ1v) is 5.29. The van der Waals surface area contributed by atoms with Gasteiger partial charge in [0.1, 0.15) is 0 Å². The van der Waals surface area contributed by atoms with E-state index in [1.54, 1.807) is 18.0 Å². The molecule has 96 valence electrons. The molecule has 1 aromatic carbocycles. The summed E-state index contributed by atoms with van der Waals surface area (Å²) in [7, 11) is 1.63. The number of likely N-dealkylation sites (N-methyl/N-ethyl adjacent to an activating group) is 1. The van der Waals surface area contributed by atoms with Gasteiger partial charge < -0.3 is 10.0 Å². The van der Waals surface area contributed by atoms with E-state index >= 15 is 0 Å². The fraction of sp³-hybridized carbons (Fsp3) is 0.182. The minimum absolute atomic E-state index is 0.0194. The van der Waals surface area contributed by atoms with Gasteiger partial charge in [-0.2, -0.15) is 0 Å². The van der Waals surface area contributed by atoms with E-state index in [2.05, 4.69) is 6.58 Å². The predicted octanol–water partition coefficient (Wildman–Crippen LogP) is 2.57. The molecule has 0 aromatic heterocycles. The van der Waals surface area contributed by atoms with Crippen molar-refractivity contribution in [2.24, 2.45) is 0 Å². The molecule has 0 aliphatic carbocycles. The monoisotopic (exact) mass is 270 g/mol. The molecule has 0 amide bonds. The topological polar surface area (TPSA) is 83.7 Å². The van der Waals surface area contributed by atoms with Gasteiger partial charge in [0, 0.05) is 25.7 Å². The maximum atomic E-state index is 11.1. The van der Waals surface area contributed by atoms with Crippen LogP contribution in [0.2, 0.25) is 5.02 Å². The van der Waals surface area contributed by atoms with Gasteiger partial charge in [0.2, 0.25) is 0 Å². The number of aromatic carboxylic acids is 1. The fourth-order valence-corrected chi connectivity index (χ4v) is 1.88. The Balaban J connectivity index is 3.45. The van der Waals surface area contributed by atoms with E-state index < -0.39 is 10.9 Å². The van der Waals surface area contributed by atoms with Crippen molar-refractivity contribution in [1.82, 2.24) is 0 Å². The van der Waals surface area contributed by atoms with Gasteiger partial charge in [0.25, 0.3) is 5.69 Å². The zero-order valence-corrected chi connectivity index (χ0v) is 10.3. The average Bonchev–Trinajstić information content (AvgIpc) is 2.27. The van der Waals surface area contributed by atoms with Crippen LogP contribution in [-0.4, -0.2) is 29.6 Å². The lowest BCUT2D eigenvalue weighted by atomic mass is 10.1. The summed E-state index contributed by atoms with van der Waals surface area (Å²) in [4.78, 5) is 22.7. The van der Waals surface area contributed by atoms with E-state index in [0.717, 1.165) is 12.1 Å². The fourth-order valence-electron chi connectivity index (χ4n) is 1.53. The quantitative estimate of drug-likeness (QED) is 0.505. The van der Waals surface area contributed by atoms with E-state index in [1.807, 2.05) is 0 Å². The van der Waals surface area contributed by atoms with E-state index in [-0.39, 0.29) is 22.0 Å². The predicted molar refractivity (Wildman–Crippen MR) is 68.5 cm³/mol. The Morgan fingerprint density at radius 1 is 1.67 bits per heavy atom. The SMILES string of the molecule is C=CCN(C)c1c(Cl)cc([N+](=O)[O-])cc1C(=O)O. The lowest BCUT2D eigenvalue weighted by Gasteiger charge is -2.20. The summed E-state index contributed by atoms with van der Waals surface area (Å²) < 4.78 is 0. The van der Waals surface area contributed by atoms with Gasteiger partial charge in [-0.25, -0.2) is 4.79 Å². The highest BCUT2D eigenvalue weighted by molar-refractivity contribution is 6.34. The standard InChI is InChI=1S/C11H11ClN2O4/c1-3-4-13(2)10-8(11(15)16)5-7(14(17)18)6-9(10)12/h3,5-6H,1,4H2,2H3,(H,15,16). The molecule has 0 bridgehead atoms. The first-order chi connectivity index (χ1) is 8.38. The highest BCUT2D eigenvalue weighted by Crippen LogP contribution is 2.33. The number of non-ortho nitro benzene ring substituents is 1. The zero-order chi connectivity index (χ0) is 13.9. The van der Waals surface area contributed by atoms with Crippen molar-refractivity contribution in [3.63, 3.8) is 0 Å². The Kier molecular flexibility index (Phi) is 4.28. The molecule has 18 heavy (non-hydrogen) atoms. The minimum Gasteiger partial charge on any atom is -0.478 e. The van der Waals surface area contributed by atoms with E-state index in [1.165, 1.54) is 0 Å². The van der Waals surface area contributed by atoms with Crippen molar-refractivity contribution >= 4 is 28.9 Å². The van der Waals surface area contributed by atoms with Crippen LogP contribution in [0, 0.1) is 10.1 Å². The van der Waals surface area contributed by atoms with Gasteiger partial charge in [0.15, 0.2) is 0 Å². The van der Waals surface area contributed by atoms with Crippen molar-refractivity contribution in [3.8, 4) is 0 Å². The number of nitro groups is 1. The molecule has 0 aliphatic rings. The second-order valence-electron chi connectivity index (χ2n) is 3.56. The number of anilines is 1. The summed E-state index contributed by atoms with van der Waals surface area (Å²) in [5.74, 6) is -1.27. The maximum absolute atomic E-state index is 11.1. The van der Waals surface area contributed by atoms with Crippen LogP contribution in [0.5, 0.6) is 0 Å². The third-order valence-corrected chi connectivity index (χ3v) is 2.56. The Morgan fingerprint density at radius 2 is 2.28 bits per heavy atom. The highest BCUT2D eigenvalue weighted by atomic mass is 35.5. The largest absolute Gasteiger partial charge is 0.478 e. The summed E-state index contributed by atoms with van der Waals surface area (Å²) in [5, 5.41) is 19.8. The number of hydrogen-bond acceptors (Lipinski definition) is 4. The summed E-state index contributed by atoms with van der Waals surface area (Å²) in [5.41, 5.74) is -0.332. The number of hydrogen-bond donors (Lipinski definition) is 1. The molecule has 1 aromatic rings. The Morgan fingerprint density at radius 3 is 2.72 bits per heavy atom. The molecule has 0 aliphatic heterocycles. The number of nitrogens with zero attached hydrogens (tertiary/aromatic N) is 2. The van der Waals surface area contributed by atoms with Crippen LogP contribution in [0.15, 0.2) is 24.8 Å². The van der Waals surface area contributed by atoms with Gasteiger partial charge >= 0.3 is 5.97 Å². The third kappa shape index (κ3) is 2.78. The molecule has 0 fully saturated rings. The van der Waals surface area contributed by atoms with Crippen molar-refractivity contribution in [3.05, 3.63) is 45.5 Å². The van der Waals surface area contributed by atoms with Crippen LogP contribution in [0.3, 0.4) is 0 Å². The van der Waals surface area contributed by atoms with Crippen molar-refractivity contribution in [2.45, 2.75) is 0 Å². The van der Waals surface area contributed by atoms with Gasteiger partial charge in [-0.1, -0.05) is 17.7 Å². The summed E-state index contributed by atoms with van der Waals surface area (Å²) in [6.07, 6.45) is 1.57. The Bertz CT molecular complexity index is 516. The molecular weight excluding hydrogens is 260 g/mol. The molecule has 1 rings (SSSR count). The smallest absolute Gasteiger partial charge is 0.338 e. The molecule has 7 heteroatoms. The molecule has 0 radical (unpaired) electrons. The van der Waals surface area contributed by atoms with E-state index in [9.17, 15) is 14.9 Å². The molecular formula is C11H11ClN2O4. The second kappa shape index (κ2) is 5.50. The van der Waals surface area contributed by atoms with Crippen LogP contribution in [0.1, 0.15) is 10.4 Å². The normalized spacial score (nSPS) is 9.89. The molecule has 0 spiro atoms. The second-order valence-corrected chi connectivity index (χ2v) is 3.96. The zero-order valence-electron chi connectivity index (χ0n) is 9.59. The molecule has 1 N–H and O–H groups in total. The molecule has 0 heterocycles. The van der Waals surface area contributed by atoms with Crippen LogP contribution in [-0.2, 0) is 0 Å². The number of carboxylic acid groups (broad SMARTS) is 1. The lowest BCUT2D eigenvalue weighted by molar-refractivity contribution is -0.384. The minimum atomic E-state index is -1.27. The number of carbonyl (C=O) groups is 1. The van der Waals surface area contributed by atoms with Crippen molar-refractivity contribution < 1.29 is 14.8 Å². The molecule has 6 nitrogen and oxygen atoms in total. The number of benzene rings is 1. The number of rotatable bonds is 5. The molecule has 0 unspecified atom stereocenters. The first kappa shape index (κ1) is 14.0. The van der Waals surface area contributed by atoms with Crippen LogP contribution in [0.4, 0.5) is 11.4 Å². The Labute approximate surface area is 108 Å². The average molecular weight is 271 g/mol. The summed E-state index contributed by atoms with van der Waals surface area (Å²) in [6, 6.07) is 2.12. The highest BCUT2D eigenvalue weighted by Gasteiger charge is 2.22. The number of carboxylic acids is 1. The lowest BCUT2D eigenvalue weighted by Crippen LogP contribution is -2.20. The third-order valence-electron chi connectivity index (χ3n) is 2.27. The summed E-state index contributed by atoms with van der Waals surface area (Å²) in [6.45, 7) is 3.91. The molecule has 0 atom stereocenters. The number of halogens is 1. The van der Waals surface area contributed by atoms with E-state index in [0.29, 0.717) is 6.54 Å². The van der Waals surface area contributed by atoms with E-state index in [4.69, 9.17) is 16.7 Å². The first-order valence-electron chi connectivity index (χ1n) is 4.91. The van der Waals surface area contributed by atoms with Crippen LogP contribution < -0.4 is 4.90 Å². The van der Waals surface area contributed by atoms with Crippen molar-refractivity contribution in [2.75, 3.05) is 18.5 Å². The maximum Gasteiger partial charge on any atom is 0.338 e. The van der Waals surface area contributed by atoms with Gasteiger partial charge in [-0.3, -0.25) is 10.1 Å². The molecule has 0 saturated heterocycles. The number of nitro benzene ring substituents is 1. The van der Waals surface area contributed by atoms with Gasteiger partial charge in [-0.05, 0) is 0 Å². The van der Waals surface area contributed by atoms with Crippen molar-refractivity contribution in [1.29, 1.82) is 0 Å². The Hall–Kier alpha value is -2.08. The summed E-state index contributed by atoms with van der Waals surface area (Å²) >= 11 is 5.91. The van der Waals surface area contributed by atoms with Gasteiger partial charge in [0.05, 0.1) is 21.2 Å². The van der Waals surface area contributed by atoms with Crippen LogP contribution in [0.25, 0.3) is 0 Å². The van der Waals surface area contributed by atoms with Crippen LogP contribution >= 0.6 is 11.6 Å². The molecule has 0 saturated carbocycles. The van der Waals surface area contributed by atoms with Gasteiger partial charge in [-0.15, -0.1) is 6.58 Å².